The van der Waals surface area contributed by atoms with Crippen molar-refractivity contribution in [1.82, 2.24) is 10.0 Å². The predicted octanol–water partition coefficient (Wildman–Crippen LogP) is 4.02. The summed E-state index contributed by atoms with van der Waals surface area (Å²) in [5, 5.41) is 0.910. The van der Waals surface area contributed by atoms with E-state index < -0.39 is 6.29 Å². The van der Waals surface area contributed by atoms with E-state index in [0.29, 0.717) is 17.9 Å². The highest BCUT2D eigenvalue weighted by molar-refractivity contribution is 5.98. The van der Waals surface area contributed by atoms with Crippen LogP contribution in [0, 0.1) is 5.82 Å². The summed E-state index contributed by atoms with van der Waals surface area (Å²) in [6.07, 6.45) is 2.34. The van der Waals surface area contributed by atoms with Crippen LogP contribution < -0.4 is 5.48 Å². The molecule has 1 saturated heterocycles. The molecule has 1 amide bonds. The summed E-state index contributed by atoms with van der Waals surface area (Å²) in [4.78, 5) is 18.2. The average Bonchev–Trinajstić information content (AvgIpc) is 3.07. The maximum Gasteiger partial charge on any atom is 0.291 e. The van der Waals surface area contributed by atoms with Crippen LogP contribution in [0.2, 0.25) is 0 Å². The van der Waals surface area contributed by atoms with Crippen molar-refractivity contribution in [2.24, 2.45) is 0 Å². The topological polar surface area (TPSA) is 52.5 Å². The molecule has 0 radical (unpaired) electrons. The van der Waals surface area contributed by atoms with E-state index in [0.717, 1.165) is 30.2 Å². The maximum absolute atomic E-state index is 14.2. The fraction of sp³-hybridized carbons (Fsp3) is 0.286. The second-order valence-electron chi connectivity index (χ2n) is 6.61. The first-order chi connectivity index (χ1) is 13.2. The van der Waals surface area contributed by atoms with Gasteiger partial charge in [0.25, 0.3) is 5.91 Å². The largest absolute Gasteiger partial charge is 0.350 e. The van der Waals surface area contributed by atoms with E-state index in [2.05, 4.69) is 5.48 Å². The van der Waals surface area contributed by atoms with E-state index in [1.807, 2.05) is 24.3 Å². The van der Waals surface area contributed by atoms with Crippen LogP contribution in [-0.2, 0) is 16.1 Å². The lowest BCUT2D eigenvalue weighted by atomic mass is 10.2. The molecule has 1 N–H and O–H groups in total. The van der Waals surface area contributed by atoms with Crippen LogP contribution in [0.15, 0.2) is 54.6 Å². The molecule has 0 bridgehead atoms. The molecule has 0 saturated carbocycles. The van der Waals surface area contributed by atoms with E-state index in [1.54, 1.807) is 28.8 Å². The number of hydrogen-bond acceptors (Lipinski definition) is 3. The summed E-state index contributed by atoms with van der Waals surface area (Å²) in [6.45, 7) is 0.886. The Bertz CT molecular complexity index is 948. The second-order valence-corrected chi connectivity index (χ2v) is 6.61. The molecule has 1 aromatic heterocycles. The lowest BCUT2D eigenvalue weighted by Gasteiger charge is -2.22. The van der Waals surface area contributed by atoms with E-state index in [-0.39, 0.29) is 18.3 Å². The highest BCUT2D eigenvalue weighted by Crippen LogP contribution is 2.22. The van der Waals surface area contributed by atoms with Gasteiger partial charge in [-0.2, -0.15) is 0 Å². The van der Waals surface area contributed by atoms with Gasteiger partial charge in [-0.15, -0.1) is 0 Å². The molecule has 2 aromatic carbocycles. The van der Waals surface area contributed by atoms with E-state index in [4.69, 9.17) is 9.57 Å². The predicted molar refractivity (Wildman–Crippen MR) is 99.6 cm³/mol. The van der Waals surface area contributed by atoms with Crippen LogP contribution in [0.3, 0.4) is 0 Å². The number of fused-ring (bicyclic) bond motifs is 1. The van der Waals surface area contributed by atoms with Gasteiger partial charge in [0.05, 0.1) is 6.54 Å². The first kappa shape index (κ1) is 17.7. The smallest absolute Gasteiger partial charge is 0.291 e. The molecule has 6 heteroatoms. The Morgan fingerprint density at radius 3 is 2.81 bits per heavy atom. The van der Waals surface area contributed by atoms with Gasteiger partial charge in [0.2, 0.25) is 0 Å². The lowest BCUT2D eigenvalue weighted by Crippen LogP contribution is -2.34. The third kappa shape index (κ3) is 3.86. The molecule has 1 atom stereocenters. The molecule has 2 heterocycles. The Kier molecular flexibility index (Phi) is 5.18. The summed E-state index contributed by atoms with van der Waals surface area (Å²) in [6, 6.07) is 16.0. The number of carbonyl (C=O) groups is 1. The zero-order valence-corrected chi connectivity index (χ0v) is 14.9. The van der Waals surface area contributed by atoms with Gasteiger partial charge in [-0.25, -0.2) is 14.7 Å². The number of nitrogens with one attached hydrogen (secondary N) is 1. The van der Waals surface area contributed by atoms with E-state index in [9.17, 15) is 9.18 Å². The standard InChI is InChI=1S/C21H21FN2O3/c22-17-9-3-1-8-16(17)14-24-18-10-4-2-7-15(18)13-19(24)21(25)23-27-20-11-5-6-12-26-20/h1-4,7-10,13,20H,5-6,11-12,14H2,(H,23,25). The maximum atomic E-state index is 14.2. The third-order valence-electron chi connectivity index (χ3n) is 4.75. The number of hydroxylamine groups is 1. The fourth-order valence-electron chi connectivity index (χ4n) is 3.34. The summed E-state index contributed by atoms with van der Waals surface area (Å²) in [5.41, 5.74) is 4.28. The molecule has 0 aliphatic carbocycles. The number of halogens is 1. The Morgan fingerprint density at radius 2 is 2.00 bits per heavy atom. The van der Waals surface area contributed by atoms with Crippen molar-refractivity contribution in [3.05, 3.63) is 71.7 Å². The molecule has 27 heavy (non-hydrogen) atoms. The number of rotatable bonds is 5. The van der Waals surface area contributed by atoms with Crippen molar-refractivity contribution in [3.63, 3.8) is 0 Å². The molecule has 5 nitrogen and oxygen atoms in total. The number of aromatic nitrogens is 1. The van der Waals surface area contributed by atoms with Gasteiger partial charge in [-0.05, 0) is 31.0 Å². The number of carbonyl (C=O) groups excluding carboxylic acids is 1. The van der Waals surface area contributed by atoms with E-state index >= 15 is 0 Å². The monoisotopic (exact) mass is 368 g/mol. The quantitative estimate of drug-likeness (QED) is 0.692. The van der Waals surface area contributed by atoms with Crippen molar-refractivity contribution in [2.45, 2.75) is 32.1 Å². The molecule has 3 aromatic rings. The molecule has 140 valence electrons. The summed E-state index contributed by atoms with van der Waals surface area (Å²) >= 11 is 0. The van der Waals surface area contributed by atoms with Crippen molar-refractivity contribution < 1.29 is 18.8 Å². The minimum absolute atomic E-state index is 0.253. The van der Waals surface area contributed by atoms with E-state index in [1.165, 1.54) is 6.07 Å². The molecule has 1 unspecified atom stereocenters. The summed E-state index contributed by atoms with van der Waals surface area (Å²) < 4.78 is 21.4. The number of hydrogen-bond donors (Lipinski definition) is 1. The van der Waals surface area contributed by atoms with Gasteiger partial charge in [-0.1, -0.05) is 36.4 Å². The number of benzene rings is 2. The SMILES string of the molecule is O=C(NOC1CCCCO1)c1cc2ccccc2n1Cc1ccccc1F. The molecule has 4 rings (SSSR count). The summed E-state index contributed by atoms with van der Waals surface area (Å²) in [5.74, 6) is -0.676. The molecule has 1 aliphatic heterocycles. The number of para-hydroxylation sites is 1. The molecule has 1 aliphatic rings. The van der Waals surface area contributed by atoms with Gasteiger partial charge in [0.15, 0.2) is 6.29 Å². The van der Waals surface area contributed by atoms with Crippen LogP contribution in [-0.4, -0.2) is 23.4 Å². The fourth-order valence-corrected chi connectivity index (χ4v) is 3.34. The van der Waals surface area contributed by atoms with Crippen molar-refractivity contribution in [2.75, 3.05) is 6.61 Å². The third-order valence-corrected chi connectivity index (χ3v) is 4.75. The molecular weight excluding hydrogens is 347 g/mol. The Labute approximate surface area is 156 Å². The molecule has 1 fully saturated rings. The molecular formula is C21H21FN2O3. The van der Waals surface area contributed by atoms with Gasteiger partial charge in [0.1, 0.15) is 11.5 Å². The van der Waals surface area contributed by atoms with Crippen molar-refractivity contribution in [3.8, 4) is 0 Å². The highest BCUT2D eigenvalue weighted by atomic mass is 19.1. The zero-order chi connectivity index (χ0) is 18.6. The van der Waals surface area contributed by atoms with Crippen LogP contribution >= 0.6 is 0 Å². The minimum Gasteiger partial charge on any atom is -0.350 e. The average molecular weight is 368 g/mol. The first-order valence-corrected chi connectivity index (χ1v) is 9.11. The van der Waals surface area contributed by atoms with Gasteiger partial charge < -0.3 is 9.30 Å². The highest BCUT2D eigenvalue weighted by Gasteiger charge is 2.20. The van der Waals surface area contributed by atoms with Crippen LogP contribution in [0.5, 0.6) is 0 Å². The van der Waals surface area contributed by atoms with Crippen LogP contribution in [0.1, 0.15) is 35.3 Å². The number of ether oxygens (including phenoxy) is 1. The number of nitrogens with zero attached hydrogens (tertiary/aromatic N) is 1. The number of amides is 1. The first-order valence-electron chi connectivity index (χ1n) is 9.11. The summed E-state index contributed by atoms with van der Waals surface area (Å²) in [7, 11) is 0. The van der Waals surface area contributed by atoms with Gasteiger partial charge in [-0.3, -0.25) is 4.79 Å². The molecule has 0 spiro atoms. The van der Waals surface area contributed by atoms with Crippen LogP contribution in [0.4, 0.5) is 4.39 Å². The van der Waals surface area contributed by atoms with Crippen LogP contribution in [0.25, 0.3) is 10.9 Å². The minimum atomic E-state index is -0.424. The Hall–Kier alpha value is -2.70. The van der Waals surface area contributed by atoms with Crippen molar-refractivity contribution >= 4 is 16.8 Å². The van der Waals surface area contributed by atoms with Crippen molar-refractivity contribution in [1.29, 1.82) is 0 Å². The lowest BCUT2D eigenvalue weighted by molar-refractivity contribution is -0.186. The Balaban J connectivity index is 1.61. The Morgan fingerprint density at radius 1 is 1.19 bits per heavy atom. The zero-order valence-electron chi connectivity index (χ0n) is 14.9. The second kappa shape index (κ2) is 7.90. The van der Waals surface area contributed by atoms with Gasteiger partial charge >= 0.3 is 0 Å². The van der Waals surface area contributed by atoms with Gasteiger partial charge in [0, 0.05) is 29.5 Å². The normalized spacial score (nSPS) is 17.1.